The zero-order valence-electron chi connectivity index (χ0n) is 11.8. The average Bonchev–Trinajstić information content (AvgIpc) is 2.87. The zero-order chi connectivity index (χ0) is 15.7. The third-order valence-corrected chi connectivity index (χ3v) is 4.06. The summed E-state index contributed by atoms with van der Waals surface area (Å²) in [4.78, 5) is 13.6. The van der Waals surface area contributed by atoms with Crippen LogP contribution in [0.3, 0.4) is 0 Å². The molecule has 3 rings (SSSR count). The maximum Gasteiger partial charge on any atom is 0.269 e. The Morgan fingerprint density at radius 3 is 3.09 bits per heavy atom. The minimum atomic E-state index is -0.398. The topological polar surface area (TPSA) is 99.1 Å². The monoisotopic (exact) mass is 320 g/mol. The van der Waals surface area contributed by atoms with Gasteiger partial charge in [0.1, 0.15) is 12.4 Å². The van der Waals surface area contributed by atoms with Gasteiger partial charge in [0.2, 0.25) is 0 Å². The van der Waals surface area contributed by atoms with Crippen molar-refractivity contribution < 1.29 is 9.66 Å². The number of nitrogens with two attached hydrogens (primary N) is 1. The van der Waals surface area contributed by atoms with Crippen molar-refractivity contribution in [3.8, 4) is 5.75 Å². The van der Waals surface area contributed by atoms with Gasteiger partial charge in [-0.05, 0) is 24.8 Å². The molecule has 1 aliphatic rings. The number of aromatic nitrogens is 2. The van der Waals surface area contributed by atoms with E-state index in [1.165, 1.54) is 6.07 Å². The van der Waals surface area contributed by atoms with E-state index in [2.05, 4.69) is 4.98 Å². The largest absolute Gasteiger partial charge is 0.491 e. The molecule has 2 aromatic rings. The van der Waals surface area contributed by atoms with E-state index in [-0.39, 0.29) is 11.7 Å². The van der Waals surface area contributed by atoms with Crippen molar-refractivity contribution in [3.63, 3.8) is 0 Å². The zero-order valence-corrected chi connectivity index (χ0v) is 12.6. The SMILES string of the molecule is NCCc1cn([C@H]2COc3ccc([N+](=O)[O-])cc3C2)c(=S)[nH]1. The molecule has 0 saturated carbocycles. The van der Waals surface area contributed by atoms with Gasteiger partial charge in [0.05, 0.1) is 11.0 Å². The number of aromatic amines is 1. The molecule has 116 valence electrons. The first-order valence-corrected chi connectivity index (χ1v) is 7.39. The number of nitrogens with zero attached hydrogens (tertiary/aromatic N) is 2. The Hall–Kier alpha value is -2.19. The Morgan fingerprint density at radius 1 is 1.55 bits per heavy atom. The summed E-state index contributed by atoms with van der Waals surface area (Å²) in [6.45, 7) is 1.03. The van der Waals surface area contributed by atoms with Crippen LogP contribution in [-0.4, -0.2) is 27.6 Å². The summed E-state index contributed by atoms with van der Waals surface area (Å²) in [7, 11) is 0. The summed E-state index contributed by atoms with van der Waals surface area (Å²) in [5.74, 6) is 0.700. The van der Waals surface area contributed by atoms with Crippen molar-refractivity contribution in [3.05, 3.63) is 50.5 Å². The molecule has 1 aromatic carbocycles. The Balaban J connectivity index is 1.88. The molecule has 0 unspecified atom stereocenters. The van der Waals surface area contributed by atoms with E-state index in [0.29, 0.717) is 30.1 Å². The van der Waals surface area contributed by atoms with Crippen LogP contribution in [0.2, 0.25) is 0 Å². The lowest BCUT2D eigenvalue weighted by Gasteiger charge is -2.26. The van der Waals surface area contributed by atoms with Crippen LogP contribution in [0.15, 0.2) is 24.4 Å². The minimum absolute atomic E-state index is 0.0183. The van der Waals surface area contributed by atoms with Gasteiger partial charge in [-0.2, -0.15) is 0 Å². The summed E-state index contributed by atoms with van der Waals surface area (Å²) < 4.78 is 8.28. The highest BCUT2D eigenvalue weighted by molar-refractivity contribution is 7.71. The van der Waals surface area contributed by atoms with Gasteiger partial charge in [0.15, 0.2) is 4.77 Å². The first-order valence-electron chi connectivity index (χ1n) is 6.98. The number of hydrogen-bond donors (Lipinski definition) is 2. The number of ether oxygens (including phenoxy) is 1. The normalized spacial score (nSPS) is 16.9. The maximum absolute atomic E-state index is 10.9. The standard InChI is InChI=1S/C14H16N4O3S/c15-4-3-10-7-17(14(22)16-10)12-6-9-5-11(18(19)20)1-2-13(9)21-8-12/h1-2,5,7,12H,3-4,6,8,15H2,(H,16,22)/t12-/m1/s1. The van der Waals surface area contributed by atoms with Crippen molar-refractivity contribution in [2.45, 2.75) is 18.9 Å². The number of non-ortho nitro benzene ring substituents is 1. The van der Waals surface area contributed by atoms with Gasteiger partial charge in [-0.25, -0.2) is 0 Å². The Kier molecular flexibility index (Phi) is 3.95. The van der Waals surface area contributed by atoms with Gasteiger partial charge in [-0.15, -0.1) is 0 Å². The van der Waals surface area contributed by atoms with E-state index in [1.54, 1.807) is 12.1 Å². The molecule has 2 heterocycles. The molecule has 8 heteroatoms. The van der Waals surface area contributed by atoms with E-state index in [1.807, 2.05) is 10.8 Å². The molecule has 3 N–H and O–H groups in total. The van der Waals surface area contributed by atoms with E-state index in [4.69, 9.17) is 22.7 Å². The fourth-order valence-corrected chi connectivity index (χ4v) is 3.00. The lowest BCUT2D eigenvalue weighted by atomic mass is 10.0. The lowest BCUT2D eigenvalue weighted by Crippen LogP contribution is -2.24. The highest BCUT2D eigenvalue weighted by Gasteiger charge is 2.24. The lowest BCUT2D eigenvalue weighted by molar-refractivity contribution is -0.385. The van der Waals surface area contributed by atoms with Crippen LogP contribution >= 0.6 is 12.2 Å². The molecule has 0 fully saturated rings. The van der Waals surface area contributed by atoms with Crippen molar-refractivity contribution in [2.24, 2.45) is 5.73 Å². The Labute approximate surface area is 131 Å². The van der Waals surface area contributed by atoms with E-state index in [0.717, 1.165) is 17.7 Å². The van der Waals surface area contributed by atoms with Crippen LogP contribution in [0, 0.1) is 14.9 Å². The molecule has 7 nitrogen and oxygen atoms in total. The van der Waals surface area contributed by atoms with Crippen molar-refractivity contribution in [2.75, 3.05) is 13.2 Å². The molecule has 0 radical (unpaired) electrons. The van der Waals surface area contributed by atoms with Gasteiger partial charge in [-0.1, -0.05) is 0 Å². The number of hydrogen-bond acceptors (Lipinski definition) is 5. The van der Waals surface area contributed by atoms with Gasteiger partial charge >= 0.3 is 0 Å². The number of imidazole rings is 1. The second-order valence-corrected chi connectivity index (χ2v) is 5.64. The molecule has 0 amide bonds. The molecule has 1 aliphatic heterocycles. The fourth-order valence-electron chi connectivity index (χ4n) is 2.67. The van der Waals surface area contributed by atoms with Crippen LogP contribution < -0.4 is 10.5 Å². The predicted octanol–water partition coefficient (Wildman–Crippen LogP) is 2.13. The maximum atomic E-state index is 10.9. The second-order valence-electron chi connectivity index (χ2n) is 5.25. The van der Waals surface area contributed by atoms with Crippen molar-refractivity contribution >= 4 is 17.9 Å². The third-order valence-electron chi connectivity index (χ3n) is 3.75. The number of nitro benzene ring substituents is 1. The summed E-state index contributed by atoms with van der Waals surface area (Å²) in [6, 6.07) is 4.70. The van der Waals surface area contributed by atoms with Gasteiger partial charge < -0.3 is 20.0 Å². The molecule has 1 aromatic heterocycles. The van der Waals surface area contributed by atoms with Crippen LogP contribution in [0.5, 0.6) is 5.75 Å². The first kappa shape index (κ1) is 14.7. The molecular weight excluding hydrogens is 304 g/mol. The van der Waals surface area contributed by atoms with E-state index >= 15 is 0 Å². The summed E-state index contributed by atoms with van der Waals surface area (Å²) in [6.07, 6.45) is 3.32. The Bertz CT molecular complexity index is 768. The smallest absolute Gasteiger partial charge is 0.269 e. The van der Waals surface area contributed by atoms with Gasteiger partial charge in [0, 0.05) is 42.4 Å². The quantitative estimate of drug-likeness (QED) is 0.511. The van der Waals surface area contributed by atoms with Crippen LogP contribution in [0.4, 0.5) is 5.69 Å². The number of H-pyrrole nitrogens is 1. The molecule has 22 heavy (non-hydrogen) atoms. The molecule has 0 bridgehead atoms. The molecule has 0 saturated heterocycles. The molecule has 0 spiro atoms. The number of nitrogens with one attached hydrogen (secondary N) is 1. The fraction of sp³-hybridized carbons (Fsp3) is 0.357. The van der Waals surface area contributed by atoms with E-state index in [9.17, 15) is 10.1 Å². The van der Waals surface area contributed by atoms with Gasteiger partial charge in [-0.3, -0.25) is 10.1 Å². The summed E-state index contributed by atoms with van der Waals surface area (Å²) in [5, 5.41) is 10.9. The highest BCUT2D eigenvalue weighted by Crippen LogP contribution is 2.32. The van der Waals surface area contributed by atoms with Crippen LogP contribution in [-0.2, 0) is 12.8 Å². The van der Waals surface area contributed by atoms with Crippen molar-refractivity contribution in [1.82, 2.24) is 9.55 Å². The summed E-state index contributed by atoms with van der Waals surface area (Å²) >= 11 is 5.34. The predicted molar refractivity (Wildman–Crippen MR) is 83.7 cm³/mol. The van der Waals surface area contributed by atoms with Crippen LogP contribution in [0.1, 0.15) is 17.3 Å². The minimum Gasteiger partial charge on any atom is -0.491 e. The molecule has 1 atom stereocenters. The van der Waals surface area contributed by atoms with Crippen molar-refractivity contribution in [1.29, 1.82) is 0 Å². The highest BCUT2D eigenvalue weighted by atomic mass is 32.1. The number of benzene rings is 1. The number of rotatable bonds is 4. The average molecular weight is 320 g/mol. The second kappa shape index (κ2) is 5.90. The number of fused-ring (bicyclic) bond motifs is 1. The van der Waals surface area contributed by atoms with E-state index < -0.39 is 4.92 Å². The molecular formula is C14H16N4O3S. The first-order chi connectivity index (χ1) is 10.6. The van der Waals surface area contributed by atoms with Crippen LogP contribution in [0.25, 0.3) is 0 Å². The summed E-state index contributed by atoms with van der Waals surface area (Å²) in [5.41, 5.74) is 7.44. The third kappa shape index (κ3) is 2.75. The molecule has 0 aliphatic carbocycles. The Morgan fingerprint density at radius 2 is 2.36 bits per heavy atom. The number of nitro groups is 1. The van der Waals surface area contributed by atoms with Gasteiger partial charge in [0.25, 0.3) is 5.69 Å².